The van der Waals surface area contributed by atoms with Crippen molar-refractivity contribution in [3.05, 3.63) is 65.1 Å². The first-order valence-corrected chi connectivity index (χ1v) is 9.02. The molecule has 0 amide bonds. The van der Waals surface area contributed by atoms with Gasteiger partial charge in [-0.15, -0.1) is 0 Å². The standard InChI is InChI=1S/C20H24N4O/c25-20-22-18-8-4-5-9-19(18)24(20)17-10-13-23(14-11-17)15-12-21-16-6-2-1-3-7-16/h1-9,17,21H,10-15H2,(H,22,25). The number of imidazole rings is 1. The molecule has 4 rings (SSSR count). The van der Waals surface area contributed by atoms with Gasteiger partial charge in [0.25, 0.3) is 0 Å². The molecule has 1 aromatic heterocycles. The Balaban J connectivity index is 1.34. The molecule has 1 aliphatic heterocycles. The van der Waals surface area contributed by atoms with Crippen LogP contribution in [-0.2, 0) is 0 Å². The predicted molar refractivity (Wildman–Crippen MR) is 102 cm³/mol. The number of anilines is 1. The van der Waals surface area contributed by atoms with Gasteiger partial charge >= 0.3 is 5.69 Å². The third-order valence-electron chi connectivity index (χ3n) is 5.08. The van der Waals surface area contributed by atoms with E-state index in [0.29, 0.717) is 6.04 Å². The second-order valence-electron chi connectivity index (χ2n) is 6.68. The molecule has 5 heteroatoms. The zero-order valence-corrected chi connectivity index (χ0v) is 14.3. The van der Waals surface area contributed by atoms with Crippen molar-refractivity contribution in [2.24, 2.45) is 0 Å². The van der Waals surface area contributed by atoms with Gasteiger partial charge in [0.15, 0.2) is 0 Å². The average Bonchev–Trinajstić information content (AvgIpc) is 2.99. The van der Waals surface area contributed by atoms with E-state index >= 15 is 0 Å². The predicted octanol–water partition coefficient (Wildman–Crippen LogP) is 3.08. The van der Waals surface area contributed by atoms with Crippen molar-refractivity contribution in [2.45, 2.75) is 18.9 Å². The van der Waals surface area contributed by atoms with E-state index in [1.807, 2.05) is 47.0 Å². The lowest BCUT2D eigenvalue weighted by Crippen LogP contribution is -2.39. The molecule has 0 unspecified atom stereocenters. The maximum absolute atomic E-state index is 12.3. The van der Waals surface area contributed by atoms with Crippen LogP contribution in [0.4, 0.5) is 5.69 Å². The summed E-state index contributed by atoms with van der Waals surface area (Å²) in [5.41, 5.74) is 3.15. The first-order chi connectivity index (χ1) is 12.3. The second kappa shape index (κ2) is 7.15. The van der Waals surface area contributed by atoms with Crippen LogP contribution in [0, 0.1) is 0 Å². The van der Waals surface area contributed by atoms with Crippen LogP contribution in [0.3, 0.4) is 0 Å². The summed E-state index contributed by atoms with van der Waals surface area (Å²) in [5.74, 6) is 0. The minimum absolute atomic E-state index is 0.0189. The molecule has 5 nitrogen and oxygen atoms in total. The highest BCUT2D eigenvalue weighted by molar-refractivity contribution is 5.75. The number of rotatable bonds is 5. The molecule has 1 saturated heterocycles. The lowest BCUT2D eigenvalue weighted by Gasteiger charge is -2.32. The summed E-state index contributed by atoms with van der Waals surface area (Å²) in [6, 6.07) is 18.6. The normalized spacial score (nSPS) is 16.3. The molecule has 1 aliphatic rings. The van der Waals surface area contributed by atoms with Gasteiger partial charge in [0.2, 0.25) is 0 Å². The number of H-pyrrole nitrogens is 1. The fourth-order valence-electron chi connectivity index (χ4n) is 3.75. The molecule has 0 atom stereocenters. The summed E-state index contributed by atoms with van der Waals surface area (Å²) < 4.78 is 1.95. The number of aromatic nitrogens is 2. The van der Waals surface area contributed by atoms with Crippen molar-refractivity contribution in [3.8, 4) is 0 Å². The second-order valence-corrected chi connectivity index (χ2v) is 6.68. The van der Waals surface area contributed by atoms with Crippen LogP contribution >= 0.6 is 0 Å². The van der Waals surface area contributed by atoms with Gasteiger partial charge in [0.05, 0.1) is 11.0 Å². The Kier molecular flexibility index (Phi) is 4.57. The Morgan fingerprint density at radius 3 is 2.52 bits per heavy atom. The SMILES string of the molecule is O=c1[nH]c2ccccc2n1C1CCN(CCNc2ccccc2)CC1. The Labute approximate surface area is 147 Å². The van der Waals surface area contributed by atoms with Crippen molar-refractivity contribution >= 4 is 16.7 Å². The van der Waals surface area contributed by atoms with Crippen LogP contribution in [0.15, 0.2) is 59.4 Å². The van der Waals surface area contributed by atoms with E-state index in [1.54, 1.807) is 0 Å². The van der Waals surface area contributed by atoms with Crippen LogP contribution in [0.25, 0.3) is 11.0 Å². The van der Waals surface area contributed by atoms with E-state index in [-0.39, 0.29) is 5.69 Å². The van der Waals surface area contributed by atoms with Gasteiger partial charge in [-0.2, -0.15) is 0 Å². The monoisotopic (exact) mass is 336 g/mol. The fraction of sp³-hybridized carbons (Fsp3) is 0.350. The molecule has 25 heavy (non-hydrogen) atoms. The van der Waals surface area contributed by atoms with Crippen LogP contribution in [0.2, 0.25) is 0 Å². The molecular weight excluding hydrogens is 312 g/mol. The summed E-state index contributed by atoms with van der Waals surface area (Å²) in [4.78, 5) is 17.8. The third-order valence-corrected chi connectivity index (χ3v) is 5.08. The van der Waals surface area contributed by atoms with E-state index in [2.05, 4.69) is 27.3 Å². The summed E-state index contributed by atoms with van der Waals surface area (Å²) >= 11 is 0. The number of hydrogen-bond acceptors (Lipinski definition) is 3. The smallest absolute Gasteiger partial charge is 0.326 e. The zero-order chi connectivity index (χ0) is 17.1. The molecule has 3 aromatic rings. The van der Waals surface area contributed by atoms with Crippen molar-refractivity contribution in [1.82, 2.24) is 14.5 Å². The van der Waals surface area contributed by atoms with Crippen molar-refractivity contribution in [1.29, 1.82) is 0 Å². The van der Waals surface area contributed by atoms with E-state index in [9.17, 15) is 4.79 Å². The van der Waals surface area contributed by atoms with Gasteiger partial charge in [-0.3, -0.25) is 4.57 Å². The van der Waals surface area contributed by atoms with Gasteiger partial charge in [0.1, 0.15) is 0 Å². The minimum atomic E-state index is 0.0189. The summed E-state index contributed by atoms with van der Waals surface area (Å²) in [7, 11) is 0. The number of para-hydroxylation sites is 3. The van der Waals surface area contributed by atoms with Gasteiger partial charge in [0, 0.05) is 37.9 Å². The van der Waals surface area contributed by atoms with Crippen molar-refractivity contribution in [2.75, 3.05) is 31.5 Å². The fourth-order valence-corrected chi connectivity index (χ4v) is 3.75. The molecule has 0 aliphatic carbocycles. The summed E-state index contributed by atoms with van der Waals surface area (Å²) in [6.07, 6.45) is 2.04. The molecule has 2 heterocycles. The van der Waals surface area contributed by atoms with Crippen LogP contribution in [-0.4, -0.2) is 40.6 Å². The zero-order valence-electron chi connectivity index (χ0n) is 14.3. The number of aromatic amines is 1. The molecule has 0 spiro atoms. The first-order valence-electron chi connectivity index (χ1n) is 9.02. The van der Waals surface area contributed by atoms with Crippen LogP contribution < -0.4 is 11.0 Å². The highest BCUT2D eigenvalue weighted by Gasteiger charge is 2.23. The number of hydrogen-bond donors (Lipinski definition) is 2. The maximum atomic E-state index is 12.3. The number of nitrogens with one attached hydrogen (secondary N) is 2. The first kappa shape index (κ1) is 16.0. The van der Waals surface area contributed by atoms with Gasteiger partial charge in [-0.25, -0.2) is 4.79 Å². The van der Waals surface area contributed by atoms with Crippen LogP contribution in [0.5, 0.6) is 0 Å². The molecule has 1 fully saturated rings. The number of fused-ring (bicyclic) bond motifs is 1. The Morgan fingerprint density at radius 2 is 1.72 bits per heavy atom. The van der Waals surface area contributed by atoms with E-state index in [4.69, 9.17) is 0 Å². The van der Waals surface area contributed by atoms with Gasteiger partial charge < -0.3 is 15.2 Å². The molecule has 2 aromatic carbocycles. The molecule has 2 N–H and O–H groups in total. The highest BCUT2D eigenvalue weighted by Crippen LogP contribution is 2.24. The number of benzene rings is 2. The lowest BCUT2D eigenvalue weighted by molar-refractivity contribution is 0.193. The Hall–Kier alpha value is -2.53. The number of likely N-dealkylation sites (tertiary alicyclic amines) is 1. The topological polar surface area (TPSA) is 53.1 Å². The van der Waals surface area contributed by atoms with Crippen molar-refractivity contribution in [3.63, 3.8) is 0 Å². The highest BCUT2D eigenvalue weighted by atomic mass is 16.1. The van der Waals surface area contributed by atoms with Gasteiger partial charge in [-0.1, -0.05) is 30.3 Å². The summed E-state index contributed by atoms with van der Waals surface area (Å²) in [5, 5.41) is 3.46. The summed E-state index contributed by atoms with van der Waals surface area (Å²) in [6.45, 7) is 4.05. The molecule has 0 bridgehead atoms. The third kappa shape index (κ3) is 3.46. The lowest BCUT2D eigenvalue weighted by atomic mass is 10.0. The number of nitrogens with zero attached hydrogens (tertiary/aromatic N) is 2. The quantitative estimate of drug-likeness (QED) is 0.753. The van der Waals surface area contributed by atoms with Crippen molar-refractivity contribution < 1.29 is 0 Å². The average molecular weight is 336 g/mol. The number of piperidine rings is 1. The molecule has 130 valence electrons. The largest absolute Gasteiger partial charge is 0.384 e. The molecule has 0 radical (unpaired) electrons. The minimum Gasteiger partial charge on any atom is -0.384 e. The Morgan fingerprint density at radius 1 is 1.00 bits per heavy atom. The van der Waals surface area contributed by atoms with Crippen LogP contribution in [0.1, 0.15) is 18.9 Å². The molecule has 0 saturated carbocycles. The van der Waals surface area contributed by atoms with Gasteiger partial charge in [-0.05, 0) is 37.1 Å². The Bertz CT molecular complexity index is 875. The van der Waals surface area contributed by atoms with E-state index in [0.717, 1.165) is 50.1 Å². The van der Waals surface area contributed by atoms with E-state index in [1.165, 1.54) is 5.69 Å². The maximum Gasteiger partial charge on any atom is 0.326 e. The molecular formula is C20H24N4O. The van der Waals surface area contributed by atoms with E-state index < -0.39 is 0 Å².